The van der Waals surface area contributed by atoms with Gasteiger partial charge in [-0.2, -0.15) is 0 Å². The third-order valence-corrected chi connectivity index (χ3v) is 3.83. The Morgan fingerprint density at radius 3 is 3.12 bits per heavy atom. The summed E-state index contributed by atoms with van der Waals surface area (Å²) in [4.78, 5) is 0. The maximum Gasteiger partial charge on any atom is 0.231 e. The van der Waals surface area contributed by atoms with E-state index in [1.54, 1.807) is 0 Å². The summed E-state index contributed by atoms with van der Waals surface area (Å²) in [5.74, 6) is 1.76. The molecule has 0 amide bonds. The zero-order valence-electron chi connectivity index (χ0n) is 9.57. The fraction of sp³-hybridized carbons (Fsp3) is 0.538. The van der Waals surface area contributed by atoms with Gasteiger partial charge in [-0.15, -0.1) is 0 Å². The summed E-state index contributed by atoms with van der Waals surface area (Å²) >= 11 is 0. The van der Waals surface area contributed by atoms with Gasteiger partial charge in [0.1, 0.15) is 6.10 Å². The van der Waals surface area contributed by atoms with Crippen LogP contribution in [0.15, 0.2) is 12.1 Å². The zero-order chi connectivity index (χ0) is 11.2. The molecule has 4 rings (SSSR count). The molecule has 90 valence electrons. The summed E-state index contributed by atoms with van der Waals surface area (Å²) in [6, 6.07) is 4.50. The van der Waals surface area contributed by atoms with Gasteiger partial charge >= 0.3 is 0 Å². The van der Waals surface area contributed by atoms with Gasteiger partial charge in [0, 0.05) is 11.6 Å². The van der Waals surface area contributed by atoms with Gasteiger partial charge in [0.15, 0.2) is 11.5 Å². The Balaban J connectivity index is 1.78. The van der Waals surface area contributed by atoms with E-state index >= 15 is 0 Å². The highest BCUT2D eigenvalue weighted by Crippen LogP contribution is 2.47. The third-order valence-electron chi connectivity index (χ3n) is 3.83. The molecular weight excluding hydrogens is 218 g/mol. The first-order chi connectivity index (χ1) is 8.43. The largest absolute Gasteiger partial charge is 0.454 e. The third kappa shape index (κ3) is 1.37. The van der Waals surface area contributed by atoms with E-state index in [2.05, 4.69) is 11.4 Å². The molecule has 1 aromatic carbocycles. The molecule has 1 aromatic rings. The molecule has 0 radical (unpaired) electrons. The summed E-state index contributed by atoms with van der Waals surface area (Å²) in [7, 11) is 0. The monoisotopic (exact) mass is 233 g/mol. The molecule has 1 fully saturated rings. The van der Waals surface area contributed by atoms with Crippen molar-refractivity contribution in [3.63, 3.8) is 0 Å². The van der Waals surface area contributed by atoms with Crippen molar-refractivity contribution in [2.24, 2.45) is 0 Å². The average Bonchev–Trinajstić information content (AvgIpc) is 3.08. The molecule has 4 nitrogen and oxygen atoms in total. The Morgan fingerprint density at radius 2 is 2.24 bits per heavy atom. The fourth-order valence-electron chi connectivity index (χ4n) is 3.02. The van der Waals surface area contributed by atoms with Gasteiger partial charge in [0.25, 0.3) is 0 Å². The molecule has 2 unspecified atom stereocenters. The molecule has 1 N–H and O–H groups in total. The summed E-state index contributed by atoms with van der Waals surface area (Å²) in [6.45, 7) is 2.11. The van der Waals surface area contributed by atoms with Crippen LogP contribution >= 0.6 is 0 Å². The van der Waals surface area contributed by atoms with E-state index in [1.165, 1.54) is 24.0 Å². The zero-order valence-corrected chi connectivity index (χ0v) is 9.57. The topological polar surface area (TPSA) is 39.7 Å². The smallest absolute Gasteiger partial charge is 0.231 e. The maximum atomic E-state index is 5.93. The van der Waals surface area contributed by atoms with Crippen molar-refractivity contribution < 1.29 is 14.2 Å². The summed E-state index contributed by atoms with van der Waals surface area (Å²) in [5.41, 5.74) is 2.45. The predicted octanol–water partition coefficient (Wildman–Crippen LogP) is 1.74. The quantitative estimate of drug-likeness (QED) is 0.802. The van der Waals surface area contributed by atoms with E-state index < -0.39 is 0 Å². The van der Waals surface area contributed by atoms with Crippen LogP contribution in [-0.4, -0.2) is 19.4 Å². The van der Waals surface area contributed by atoms with Crippen molar-refractivity contribution in [2.45, 2.75) is 31.6 Å². The standard InChI is InChI=1S/C13H15NO3/c1-2-9(14-5-1)12-11-8(6-15-12)3-4-10-13(11)17-7-16-10/h3-4,9,12,14H,1-2,5-7H2. The minimum atomic E-state index is 0.129. The molecule has 0 aromatic heterocycles. The molecule has 0 spiro atoms. The molecule has 3 heterocycles. The average molecular weight is 233 g/mol. The minimum Gasteiger partial charge on any atom is -0.454 e. The van der Waals surface area contributed by atoms with Crippen LogP contribution in [-0.2, 0) is 11.3 Å². The number of hydrogen-bond donors (Lipinski definition) is 1. The lowest BCUT2D eigenvalue weighted by Crippen LogP contribution is -2.28. The van der Waals surface area contributed by atoms with Crippen molar-refractivity contribution in [1.29, 1.82) is 0 Å². The van der Waals surface area contributed by atoms with Crippen LogP contribution in [0.3, 0.4) is 0 Å². The molecule has 0 aliphatic carbocycles. The van der Waals surface area contributed by atoms with Crippen LogP contribution in [0.1, 0.15) is 30.1 Å². The Hall–Kier alpha value is -1.26. The van der Waals surface area contributed by atoms with Gasteiger partial charge in [-0.25, -0.2) is 0 Å². The van der Waals surface area contributed by atoms with Gasteiger partial charge < -0.3 is 19.5 Å². The molecule has 4 heteroatoms. The lowest BCUT2D eigenvalue weighted by molar-refractivity contribution is 0.0412. The van der Waals surface area contributed by atoms with E-state index in [0.717, 1.165) is 18.0 Å². The van der Waals surface area contributed by atoms with E-state index in [4.69, 9.17) is 14.2 Å². The lowest BCUT2D eigenvalue weighted by atomic mass is 9.97. The van der Waals surface area contributed by atoms with Gasteiger partial charge in [-0.05, 0) is 31.0 Å². The van der Waals surface area contributed by atoms with Crippen LogP contribution in [0.4, 0.5) is 0 Å². The Bertz CT molecular complexity index is 454. The van der Waals surface area contributed by atoms with Gasteiger partial charge in [0.05, 0.1) is 6.61 Å². The van der Waals surface area contributed by atoms with Gasteiger partial charge in [-0.1, -0.05) is 6.07 Å². The number of rotatable bonds is 1. The molecule has 1 saturated heterocycles. The minimum absolute atomic E-state index is 0.129. The highest BCUT2D eigenvalue weighted by atomic mass is 16.7. The number of ether oxygens (including phenoxy) is 3. The number of hydrogen-bond acceptors (Lipinski definition) is 4. The number of fused-ring (bicyclic) bond motifs is 3. The first-order valence-electron chi connectivity index (χ1n) is 6.20. The van der Waals surface area contributed by atoms with E-state index in [0.29, 0.717) is 19.4 Å². The molecule has 0 saturated carbocycles. The summed E-state index contributed by atoms with van der Waals surface area (Å²) in [6.07, 6.45) is 2.53. The fourth-order valence-corrected chi connectivity index (χ4v) is 3.02. The van der Waals surface area contributed by atoms with Crippen LogP contribution in [0.25, 0.3) is 0 Å². The second kappa shape index (κ2) is 3.62. The lowest BCUT2D eigenvalue weighted by Gasteiger charge is -2.20. The molecule has 3 aliphatic heterocycles. The van der Waals surface area contributed by atoms with Crippen LogP contribution in [0, 0.1) is 0 Å². The molecule has 2 atom stereocenters. The molecular formula is C13H15NO3. The predicted molar refractivity (Wildman–Crippen MR) is 61.1 cm³/mol. The van der Waals surface area contributed by atoms with Gasteiger partial charge in [0.2, 0.25) is 6.79 Å². The Morgan fingerprint density at radius 1 is 1.24 bits per heavy atom. The van der Waals surface area contributed by atoms with E-state index in [1.807, 2.05) is 6.07 Å². The van der Waals surface area contributed by atoms with Crippen LogP contribution in [0.2, 0.25) is 0 Å². The molecule has 3 aliphatic rings. The Kier molecular flexibility index (Phi) is 2.07. The first kappa shape index (κ1) is 9.74. The van der Waals surface area contributed by atoms with Crippen molar-refractivity contribution in [1.82, 2.24) is 5.32 Å². The Labute approximate surface area is 99.9 Å². The number of benzene rings is 1. The van der Waals surface area contributed by atoms with Crippen molar-refractivity contribution >= 4 is 0 Å². The maximum absolute atomic E-state index is 5.93. The molecule has 17 heavy (non-hydrogen) atoms. The SMILES string of the molecule is c1cc2c(c3c1COC3C1CCCN1)OCO2. The normalized spacial score (nSPS) is 29.6. The second-order valence-corrected chi connectivity index (χ2v) is 4.81. The number of nitrogens with one attached hydrogen (secondary N) is 1. The van der Waals surface area contributed by atoms with E-state index in [9.17, 15) is 0 Å². The first-order valence-corrected chi connectivity index (χ1v) is 6.20. The highest BCUT2D eigenvalue weighted by molar-refractivity contribution is 5.54. The van der Waals surface area contributed by atoms with E-state index in [-0.39, 0.29) is 6.10 Å². The van der Waals surface area contributed by atoms with Crippen molar-refractivity contribution in [2.75, 3.05) is 13.3 Å². The van der Waals surface area contributed by atoms with Crippen LogP contribution < -0.4 is 14.8 Å². The van der Waals surface area contributed by atoms with Crippen molar-refractivity contribution in [3.8, 4) is 11.5 Å². The summed E-state index contributed by atoms with van der Waals surface area (Å²) < 4.78 is 17.0. The second-order valence-electron chi connectivity index (χ2n) is 4.81. The van der Waals surface area contributed by atoms with Crippen molar-refractivity contribution in [3.05, 3.63) is 23.3 Å². The van der Waals surface area contributed by atoms with Gasteiger partial charge in [-0.3, -0.25) is 0 Å². The summed E-state index contributed by atoms with van der Waals surface area (Å²) in [5, 5.41) is 3.51. The highest BCUT2D eigenvalue weighted by Gasteiger charge is 2.37. The van der Waals surface area contributed by atoms with Crippen LogP contribution in [0.5, 0.6) is 11.5 Å². The molecule has 0 bridgehead atoms.